The van der Waals surface area contributed by atoms with Gasteiger partial charge >= 0.3 is 20.4 Å². The molecule has 0 fully saturated rings. The van der Waals surface area contributed by atoms with Crippen molar-refractivity contribution >= 4 is 19.5 Å². The molecule has 0 radical (unpaired) electrons. The monoisotopic (exact) mass is 628 g/mol. The summed E-state index contributed by atoms with van der Waals surface area (Å²) in [5.41, 5.74) is -1.59. The smallest absolute Gasteiger partial charge is 0.417 e. The molecule has 3 rings (SSSR count). The quantitative estimate of drug-likeness (QED) is 0.0646. The molecule has 0 saturated carbocycles. The van der Waals surface area contributed by atoms with Crippen molar-refractivity contribution in [2.75, 3.05) is 19.8 Å². The summed E-state index contributed by atoms with van der Waals surface area (Å²) in [6, 6.07) is 10.2. The largest absolute Gasteiger partial charge is 0.493 e. The molecule has 2 unspecified atom stereocenters. The van der Waals surface area contributed by atoms with Crippen LogP contribution in [0, 0.1) is 0 Å². The molecule has 2 aromatic carbocycles. The van der Waals surface area contributed by atoms with Crippen molar-refractivity contribution in [1.82, 2.24) is 0 Å². The maximum Gasteiger partial charge on any atom is 0.417 e. The van der Waals surface area contributed by atoms with Crippen molar-refractivity contribution in [2.24, 2.45) is 0 Å². The Morgan fingerprint density at radius 1 is 0.884 bits per heavy atom. The van der Waals surface area contributed by atoms with E-state index in [2.05, 4.69) is 0 Å². The summed E-state index contributed by atoms with van der Waals surface area (Å²) < 4.78 is 93.3. The summed E-state index contributed by atoms with van der Waals surface area (Å²) in [5, 5.41) is 0.394. The van der Waals surface area contributed by atoms with Gasteiger partial charge in [0.1, 0.15) is 23.7 Å². The Kier molecular flexibility index (Phi) is 12.8. The van der Waals surface area contributed by atoms with Crippen molar-refractivity contribution in [1.29, 1.82) is 0 Å². The van der Waals surface area contributed by atoms with Crippen LogP contribution in [-0.4, -0.2) is 40.7 Å². The molecular formula is C32H41F5O5Si. The lowest BCUT2D eigenvalue weighted by molar-refractivity contribution is -0.137. The van der Waals surface area contributed by atoms with E-state index in [0.717, 1.165) is 25.3 Å². The number of rotatable bonds is 17. The van der Waals surface area contributed by atoms with E-state index in [1.807, 2.05) is 27.3 Å². The number of halogens is 5. The molecule has 0 aliphatic rings. The third kappa shape index (κ3) is 9.87. The minimum atomic E-state index is -4.66. The van der Waals surface area contributed by atoms with Gasteiger partial charge in [-0.3, -0.25) is 0 Å². The van der Waals surface area contributed by atoms with Gasteiger partial charge < -0.3 is 18.0 Å². The van der Waals surface area contributed by atoms with Crippen molar-refractivity contribution in [3.63, 3.8) is 0 Å². The fourth-order valence-electron chi connectivity index (χ4n) is 5.01. The van der Waals surface area contributed by atoms with Gasteiger partial charge in [-0.1, -0.05) is 31.9 Å². The lowest BCUT2D eigenvalue weighted by Gasteiger charge is -2.27. The number of benzene rings is 2. The number of hydrogen-bond acceptors (Lipinski definition) is 5. The molecule has 0 aliphatic carbocycles. The fourth-order valence-corrected chi connectivity index (χ4v) is 7.41. The lowest BCUT2D eigenvalue weighted by atomic mass is 9.95. The van der Waals surface area contributed by atoms with E-state index in [4.69, 9.17) is 18.0 Å². The van der Waals surface area contributed by atoms with Crippen LogP contribution in [0.15, 0.2) is 51.7 Å². The molecular weight excluding hydrogens is 587 g/mol. The zero-order chi connectivity index (χ0) is 31.6. The first-order valence-electron chi connectivity index (χ1n) is 14.9. The second kappa shape index (κ2) is 15.8. The van der Waals surface area contributed by atoms with Crippen LogP contribution in [0.4, 0.5) is 22.0 Å². The van der Waals surface area contributed by atoms with E-state index < -0.39 is 38.3 Å². The molecule has 0 saturated heterocycles. The Bertz CT molecular complexity index is 1370. The topological polar surface area (TPSA) is 57.9 Å². The Balaban J connectivity index is 1.69. The standard InChI is InChI=1S/C32H41F5O5Si/c1-5-8-9-10-22-11-14-25(27(19-22)32(35,36)37)26-20-23-12-13-24(21-30(23)42-31(26)38)39-17-15-28(33)29(34)16-18-43(4,40-6-2)41-7-3/h11-14,19-21,28-29H,5-10,15-18H2,1-4H3. The van der Waals surface area contributed by atoms with Crippen LogP contribution in [0.25, 0.3) is 22.1 Å². The highest BCUT2D eigenvalue weighted by Gasteiger charge is 2.35. The molecule has 0 N–H and O–H groups in total. The molecule has 1 heterocycles. The van der Waals surface area contributed by atoms with Crippen molar-refractivity contribution in [3.8, 4) is 16.9 Å². The van der Waals surface area contributed by atoms with Gasteiger partial charge in [-0.15, -0.1) is 0 Å². The van der Waals surface area contributed by atoms with Crippen molar-refractivity contribution < 1.29 is 40.0 Å². The van der Waals surface area contributed by atoms with Crippen molar-refractivity contribution in [3.05, 3.63) is 64.0 Å². The van der Waals surface area contributed by atoms with Crippen LogP contribution in [0.3, 0.4) is 0 Å². The lowest BCUT2D eigenvalue weighted by Crippen LogP contribution is -2.39. The fraction of sp³-hybridized carbons (Fsp3) is 0.531. The maximum absolute atomic E-state index is 14.5. The summed E-state index contributed by atoms with van der Waals surface area (Å²) in [7, 11) is -2.55. The predicted molar refractivity (Wildman–Crippen MR) is 160 cm³/mol. The van der Waals surface area contributed by atoms with Crippen LogP contribution in [-0.2, 0) is 21.4 Å². The number of hydrogen-bond donors (Lipinski definition) is 0. The molecule has 2 atom stereocenters. The van der Waals surface area contributed by atoms with Crippen LogP contribution < -0.4 is 10.4 Å². The highest BCUT2D eigenvalue weighted by atomic mass is 28.4. The second-order valence-corrected chi connectivity index (χ2v) is 14.0. The first-order valence-corrected chi connectivity index (χ1v) is 17.4. The molecule has 43 heavy (non-hydrogen) atoms. The van der Waals surface area contributed by atoms with Gasteiger partial charge in [-0.25, -0.2) is 13.6 Å². The summed E-state index contributed by atoms with van der Waals surface area (Å²) in [6.45, 7) is 8.29. The Labute approximate surface area is 250 Å². The predicted octanol–water partition coefficient (Wildman–Crippen LogP) is 9.19. The summed E-state index contributed by atoms with van der Waals surface area (Å²) in [5.74, 6) is 0.256. The van der Waals surface area contributed by atoms with Gasteiger partial charge in [0.2, 0.25) is 0 Å². The van der Waals surface area contributed by atoms with Crippen molar-refractivity contribution in [2.45, 2.75) is 90.4 Å². The van der Waals surface area contributed by atoms with Gasteiger partial charge in [-0.2, -0.15) is 13.2 Å². The number of ether oxygens (including phenoxy) is 1. The van der Waals surface area contributed by atoms with Crippen LogP contribution in [0.1, 0.15) is 64.0 Å². The number of unbranched alkanes of at least 4 members (excludes halogenated alkanes) is 2. The highest BCUT2D eigenvalue weighted by Crippen LogP contribution is 2.38. The van der Waals surface area contributed by atoms with Gasteiger partial charge in [0.05, 0.1) is 17.7 Å². The average Bonchev–Trinajstić information content (AvgIpc) is 2.95. The molecule has 0 aliphatic heterocycles. The van der Waals surface area contributed by atoms with Gasteiger partial charge in [0.25, 0.3) is 0 Å². The zero-order valence-corrected chi connectivity index (χ0v) is 26.2. The van der Waals surface area contributed by atoms with E-state index in [-0.39, 0.29) is 41.9 Å². The summed E-state index contributed by atoms with van der Waals surface area (Å²) in [6.07, 6.45) is -5.16. The zero-order valence-electron chi connectivity index (χ0n) is 25.2. The molecule has 0 spiro atoms. The molecule has 1 aromatic heterocycles. The van der Waals surface area contributed by atoms with E-state index in [0.29, 0.717) is 36.6 Å². The molecule has 11 heteroatoms. The van der Waals surface area contributed by atoms with Gasteiger partial charge in [0.15, 0.2) is 0 Å². The summed E-state index contributed by atoms with van der Waals surface area (Å²) in [4.78, 5) is 12.8. The Morgan fingerprint density at radius 2 is 1.58 bits per heavy atom. The molecule has 238 valence electrons. The van der Waals surface area contributed by atoms with Crippen LogP contribution >= 0.6 is 0 Å². The minimum Gasteiger partial charge on any atom is -0.493 e. The molecule has 5 nitrogen and oxygen atoms in total. The van der Waals surface area contributed by atoms with E-state index >= 15 is 0 Å². The van der Waals surface area contributed by atoms with Gasteiger partial charge in [0, 0.05) is 36.7 Å². The Morgan fingerprint density at radius 3 is 2.23 bits per heavy atom. The second-order valence-electron chi connectivity index (χ2n) is 10.7. The van der Waals surface area contributed by atoms with Gasteiger partial charge in [-0.05, 0) is 75.5 Å². The third-order valence-corrected chi connectivity index (χ3v) is 10.3. The maximum atomic E-state index is 14.5. The van der Waals surface area contributed by atoms with E-state index in [1.165, 1.54) is 24.3 Å². The minimum absolute atomic E-state index is 0.0228. The first-order chi connectivity index (χ1) is 20.4. The number of aryl methyl sites for hydroxylation is 1. The SMILES string of the molecule is CCCCCc1ccc(-c2cc3ccc(OCCC(F)C(F)CC[Si](C)(OCC)OCC)cc3oc2=O)c(C(F)(F)F)c1. The first kappa shape index (κ1) is 34.7. The molecule has 0 bridgehead atoms. The highest BCUT2D eigenvalue weighted by molar-refractivity contribution is 6.66. The average molecular weight is 629 g/mol. The van der Waals surface area contributed by atoms with E-state index in [9.17, 15) is 26.7 Å². The summed E-state index contributed by atoms with van der Waals surface area (Å²) >= 11 is 0. The normalized spacial score (nSPS) is 13.8. The van der Waals surface area contributed by atoms with E-state index in [1.54, 1.807) is 12.1 Å². The van der Waals surface area contributed by atoms with Crippen LogP contribution in [0.5, 0.6) is 5.75 Å². The number of fused-ring (bicyclic) bond motifs is 1. The number of alkyl halides is 5. The third-order valence-electron chi connectivity index (χ3n) is 7.28. The Hall–Kier alpha value is -2.76. The molecule has 3 aromatic rings. The molecule has 0 amide bonds. The van der Waals surface area contributed by atoms with Crippen LogP contribution in [0.2, 0.25) is 12.6 Å².